The second-order valence-corrected chi connectivity index (χ2v) is 5.90. The number of carbonyl (C=O) groups excluding carboxylic acids is 2. The van der Waals surface area contributed by atoms with Gasteiger partial charge in [-0.25, -0.2) is 4.79 Å². The largest absolute Gasteiger partial charge is 0.364 e. The van der Waals surface area contributed by atoms with Gasteiger partial charge in [0.15, 0.2) is 0 Å². The van der Waals surface area contributed by atoms with Crippen molar-refractivity contribution in [2.45, 2.75) is 19.9 Å². The Balaban J connectivity index is 1.86. The lowest BCUT2D eigenvalue weighted by Gasteiger charge is -2.24. The molecule has 0 bridgehead atoms. The Morgan fingerprint density at radius 2 is 2.21 bits per heavy atom. The fourth-order valence-electron chi connectivity index (χ4n) is 2.75. The molecule has 3 amide bonds. The molecule has 126 valence electrons. The van der Waals surface area contributed by atoms with Crippen molar-refractivity contribution >= 4 is 17.6 Å². The van der Waals surface area contributed by atoms with E-state index in [1.165, 1.54) is 6.26 Å². The van der Waals surface area contributed by atoms with E-state index in [9.17, 15) is 9.59 Å². The summed E-state index contributed by atoms with van der Waals surface area (Å²) >= 11 is 0. The normalized spacial score (nSPS) is 15.3. The van der Waals surface area contributed by atoms with E-state index in [0.717, 1.165) is 11.3 Å². The maximum Gasteiger partial charge on any atom is 0.322 e. The second kappa shape index (κ2) is 6.35. The lowest BCUT2D eigenvalue weighted by Crippen LogP contribution is -2.31. The number of hydrogen-bond donors (Lipinski definition) is 1. The van der Waals surface area contributed by atoms with Crippen LogP contribution in [0, 0.1) is 6.92 Å². The van der Waals surface area contributed by atoms with Gasteiger partial charge < -0.3 is 14.7 Å². The van der Waals surface area contributed by atoms with Crippen molar-refractivity contribution in [1.82, 2.24) is 15.4 Å². The van der Waals surface area contributed by atoms with E-state index in [0.29, 0.717) is 24.3 Å². The van der Waals surface area contributed by atoms with Gasteiger partial charge in [-0.1, -0.05) is 11.2 Å². The van der Waals surface area contributed by atoms with Crippen LogP contribution in [-0.2, 0) is 0 Å². The minimum absolute atomic E-state index is 0.132. The molecule has 0 aliphatic carbocycles. The van der Waals surface area contributed by atoms with Crippen LogP contribution in [0.3, 0.4) is 0 Å². The molecule has 1 aromatic carbocycles. The molecule has 1 atom stereocenters. The van der Waals surface area contributed by atoms with Crippen molar-refractivity contribution in [3.05, 3.63) is 47.3 Å². The molecule has 0 unspecified atom stereocenters. The Hall–Kier alpha value is -2.83. The van der Waals surface area contributed by atoms with E-state index in [-0.39, 0.29) is 18.0 Å². The van der Waals surface area contributed by atoms with Gasteiger partial charge in [0.1, 0.15) is 12.0 Å². The average molecular weight is 328 g/mol. The number of urea groups is 1. The van der Waals surface area contributed by atoms with Crippen LogP contribution in [0.15, 0.2) is 35.1 Å². The first kappa shape index (κ1) is 16.0. The van der Waals surface area contributed by atoms with Gasteiger partial charge in [0.2, 0.25) is 0 Å². The van der Waals surface area contributed by atoms with Gasteiger partial charge in [0.05, 0.1) is 6.04 Å². The molecule has 1 aromatic heterocycles. The highest BCUT2D eigenvalue weighted by atomic mass is 16.5. The highest BCUT2D eigenvalue weighted by Gasteiger charge is 2.25. The predicted octanol–water partition coefficient (Wildman–Crippen LogP) is 2.35. The number of nitrogens with zero attached hydrogens (tertiary/aromatic N) is 3. The van der Waals surface area contributed by atoms with E-state index >= 15 is 0 Å². The van der Waals surface area contributed by atoms with Gasteiger partial charge in [-0.3, -0.25) is 9.69 Å². The summed E-state index contributed by atoms with van der Waals surface area (Å²) < 4.78 is 4.85. The molecule has 3 rings (SSSR count). The van der Waals surface area contributed by atoms with Gasteiger partial charge in [-0.15, -0.1) is 0 Å². The van der Waals surface area contributed by atoms with Gasteiger partial charge in [-0.05, 0) is 31.5 Å². The van der Waals surface area contributed by atoms with Crippen molar-refractivity contribution < 1.29 is 14.1 Å². The lowest BCUT2D eigenvalue weighted by atomic mass is 10.1. The van der Waals surface area contributed by atoms with E-state index in [2.05, 4.69) is 10.5 Å². The van der Waals surface area contributed by atoms with E-state index in [1.807, 2.05) is 19.9 Å². The highest BCUT2D eigenvalue weighted by Crippen LogP contribution is 2.25. The minimum Gasteiger partial charge on any atom is -0.364 e. The fraction of sp³-hybridized carbons (Fsp3) is 0.353. The van der Waals surface area contributed by atoms with E-state index < -0.39 is 0 Å². The smallest absolute Gasteiger partial charge is 0.322 e. The first-order valence-corrected chi connectivity index (χ1v) is 7.82. The number of benzene rings is 1. The summed E-state index contributed by atoms with van der Waals surface area (Å²) in [5.74, 6) is -0.133. The van der Waals surface area contributed by atoms with Crippen LogP contribution >= 0.6 is 0 Å². The number of aromatic nitrogens is 1. The molecule has 1 saturated heterocycles. The van der Waals surface area contributed by atoms with Gasteiger partial charge in [0.25, 0.3) is 5.91 Å². The third-order valence-electron chi connectivity index (χ3n) is 4.39. The molecule has 7 nitrogen and oxygen atoms in total. The SMILES string of the molecule is Cc1ccc(C(=O)N(C)[C@H](C)c2ccon2)cc1N1CCNC1=O. The Bertz CT molecular complexity index is 757. The molecule has 1 aliphatic heterocycles. The molecule has 2 heterocycles. The van der Waals surface area contributed by atoms with Crippen molar-refractivity contribution in [3.63, 3.8) is 0 Å². The Labute approximate surface area is 140 Å². The molecule has 1 fully saturated rings. The molecular formula is C17H20N4O3. The zero-order chi connectivity index (χ0) is 17.3. The van der Waals surface area contributed by atoms with Crippen LogP contribution in [-0.4, -0.2) is 42.1 Å². The summed E-state index contributed by atoms with van der Waals surface area (Å²) in [5.41, 5.74) is 2.94. The summed E-state index contributed by atoms with van der Waals surface area (Å²) in [4.78, 5) is 28.0. The molecule has 24 heavy (non-hydrogen) atoms. The molecule has 0 radical (unpaired) electrons. The molecule has 0 saturated carbocycles. The molecule has 7 heteroatoms. The zero-order valence-corrected chi connectivity index (χ0v) is 13.9. The number of carbonyl (C=O) groups is 2. The molecule has 1 N–H and O–H groups in total. The Morgan fingerprint density at radius 1 is 1.42 bits per heavy atom. The predicted molar refractivity (Wildman–Crippen MR) is 88.9 cm³/mol. The second-order valence-electron chi connectivity index (χ2n) is 5.90. The number of hydrogen-bond acceptors (Lipinski definition) is 4. The third-order valence-corrected chi connectivity index (χ3v) is 4.39. The number of anilines is 1. The van der Waals surface area contributed by atoms with Gasteiger partial charge in [-0.2, -0.15) is 0 Å². The topological polar surface area (TPSA) is 78.7 Å². The zero-order valence-electron chi connectivity index (χ0n) is 13.9. The molecule has 2 aromatic rings. The number of amides is 3. The molecular weight excluding hydrogens is 308 g/mol. The van der Waals surface area contributed by atoms with Gasteiger partial charge >= 0.3 is 6.03 Å². The summed E-state index contributed by atoms with van der Waals surface area (Å²) in [6, 6.07) is 6.81. The number of aryl methyl sites for hydroxylation is 1. The van der Waals surface area contributed by atoms with Crippen LogP contribution < -0.4 is 10.2 Å². The van der Waals surface area contributed by atoms with Crippen molar-refractivity contribution in [2.75, 3.05) is 25.0 Å². The summed E-state index contributed by atoms with van der Waals surface area (Å²) in [6.07, 6.45) is 1.49. The van der Waals surface area contributed by atoms with Gasteiger partial charge in [0, 0.05) is 37.5 Å². The summed E-state index contributed by atoms with van der Waals surface area (Å²) in [6.45, 7) is 5.03. The van der Waals surface area contributed by atoms with Crippen molar-refractivity contribution in [3.8, 4) is 0 Å². The molecule has 0 spiro atoms. The summed E-state index contributed by atoms with van der Waals surface area (Å²) in [7, 11) is 1.73. The van der Waals surface area contributed by atoms with Crippen molar-refractivity contribution in [1.29, 1.82) is 0 Å². The van der Waals surface area contributed by atoms with Crippen LogP contribution in [0.25, 0.3) is 0 Å². The van der Waals surface area contributed by atoms with Crippen LogP contribution in [0.2, 0.25) is 0 Å². The standard InChI is InChI=1S/C17H20N4O3/c1-11-4-5-13(10-15(11)21-8-7-18-17(21)23)16(22)20(3)12(2)14-6-9-24-19-14/h4-6,9-10,12H,7-8H2,1-3H3,(H,18,23)/t12-/m1/s1. The Morgan fingerprint density at radius 3 is 2.83 bits per heavy atom. The maximum atomic E-state index is 12.8. The third kappa shape index (κ3) is 2.84. The average Bonchev–Trinajstić information content (AvgIpc) is 3.25. The minimum atomic E-state index is -0.212. The lowest BCUT2D eigenvalue weighted by molar-refractivity contribution is 0.0737. The first-order valence-electron chi connectivity index (χ1n) is 7.82. The Kier molecular flexibility index (Phi) is 4.24. The molecule has 1 aliphatic rings. The van der Waals surface area contributed by atoms with Crippen LogP contribution in [0.1, 0.15) is 34.6 Å². The first-order chi connectivity index (χ1) is 11.5. The maximum absolute atomic E-state index is 12.8. The highest BCUT2D eigenvalue weighted by molar-refractivity contribution is 5.99. The fourth-order valence-corrected chi connectivity index (χ4v) is 2.75. The van der Waals surface area contributed by atoms with E-state index in [4.69, 9.17) is 4.52 Å². The number of nitrogens with one attached hydrogen (secondary N) is 1. The number of rotatable bonds is 4. The van der Waals surface area contributed by atoms with E-state index in [1.54, 1.807) is 35.0 Å². The summed E-state index contributed by atoms with van der Waals surface area (Å²) in [5, 5.41) is 6.66. The van der Waals surface area contributed by atoms with Crippen LogP contribution in [0.5, 0.6) is 0 Å². The van der Waals surface area contributed by atoms with Crippen LogP contribution in [0.4, 0.5) is 10.5 Å². The quantitative estimate of drug-likeness (QED) is 0.934. The van der Waals surface area contributed by atoms with Crippen molar-refractivity contribution in [2.24, 2.45) is 0 Å². The monoisotopic (exact) mass is 328 g/mol.